The molecule has 0 aromatic rings. The fourth-order valence-corrected chi connectivity index (χ4v) is 8.77. The van der Waals surface area contributed by atoms with Gasteiger partial charge >= 0.3 is 0 Å². The van der Waals surface area contributed by atoms with Crippen LogP contribution in [0.3, 0.4) is 0 Å². The third kappa shape index (κ3) is 20.0. The molecule has 5 aliphatic heterocycles. The van der Waals surface area contributed by atoms with Gasteiger partial charge in [0.2, 0.25) is 0 Å². The van der Waals surface area contributed by atoms with Gasteiger partial charge in [0, 0.05) is 77.5 Å². The van der Waals surface area contributed by atoms with Gasteiger partial charge in [-0.25, -0.2) is 0 Å². The van der Waals surface area contributed by atoms with Crippen LogP contribution in [0.4, 0.5) is 0 Å². The number of hydrogen-bond acceptors (Lipinski definition) is 8. The summed E-state index contributed by atoms with van der Waals surface area (Å²) in [6, 6.07) is 1.22. The fraction of sp³-hybridized carbons (Fsp3) is 1.00. The number of piperidine rings is 1. The number of morpholine rings is 1. The second kappa shape index (κ2) is 22.6. The Labute approximate surface area is 324 Å². The molecule has 5 heterocycles. The molecule has 8 heteroatoms. The minimum atomic E-state index is 0.226. The Bertz CT molecular complexity index is 814. The van der Waals surface area contributed by atoms with Gasteiger partial charge in [-0.05, 0) is 175 Å². The van der Waals surface area contributed by atoms with Crippen LogP contribution in [0, 0.1) is 0 Å². The van der Waals surface area contributed by atoms with Crippen molar-refractivity contribution in [2.75, 3.05) is 83.7 Å². The minimum absolute atomic E-state index is 0.226. The van der Waals surface area contributed by atoms with Gasteiger partial charge in [-0.2, -0.15) is 11.8 Å². The van der Waals surface area contributed by atoms with E-state index in [1.165, 1.54) is 82.8 Å². The molecule has 2 unspecified atom stereocenters. The Morgan fingerprint density at radius 1 is 0.490 bits per heavy atom. The van der Waals surface area contributed by atoms with Crippen LogP contribution in [-0.4, -0.2) is 153 Å². The molecule has 0 bridgehead atoms. The van der Waals surface area contributed by atoms with Crippen LogP contribution in [0.1, 0.15) is 156 Å². The van der Waals surface area contributed by atoms with Gasteiger partial charge in [-0.1, -0.05) is 6.42 Å². The Hall–Kier alpha value is 0.0700. The number of hydrogen-bond donors (Lipinski definition) is 1. The first-order chi connectivity index (χ1) is 23.4. The monoisotopic (exact) mass is 742 g/mol. The summed E-state index contributed by atoms with van der Waals surface area (Å²) in [5.74, 6) is 2.63. The summed E-state index contributed by atoms with van der Waals surface area (Å²) in [6.45, 7) is 48.3. The number of rotatable bonds is 1. The van der Waals surface area contributed by atoms with E-state index in [2.05, 4.69) is 147 Å². The molecule has 5 saturated heterocycles. The van der Waals surface area contributed by atoms with Gasteiger partial charge in [-0.3, -0.25) is 24.5 Å². The van der Waals surface area contributed by atoms with E-state index in [1.54, 1.807) is 0 Å². The van der Waals surface area contributed by atoms with Crippen LogP contribution >= 0.6 is 11.8 Å². The lowest BCUT2D eigenvalue weighted by molar-refractivity contribution is -0.00389. The first-order valence-corrected chi connectivity index (χ1v) is 22.1. The smallest absolute Gasteiger partial charge is 0.0594 e. The minimum Gasteiger partial charge on any atom is -0.395 e. The third-order valence-electron chi connectivity index (χ3n) is 11.1. The van der Waals surface area contributed by atoms with Crippen molar-refractivity contribution in [3.63, 3.8) is 0 Å². The summed E-state index contributed by atoms with van der Waals surface area (Å²) in [5, 5.41) is 9.06. The lowest BCUT2D eigenvalue weighted by Gasteiger charge is -2.38. The molecule has 51 heavy (non-hydrogen) atoms. The van der Waals surface area contributed by atoms with Gasteiger partial charge in [0.25, 0.3) is 0 Å². The summed E-state index contributed by atoms with van der Waals surface area (Å²) in [5.41, 5.74) is 1.73. The number of likely N-dealkylation sites (tertiary alicyclic amines) is 3. The summed E-state index contributed by atoms with van der Waals surface area (Å²) in [7, 11) is 0. The van der Waals surface area contributed by atoms with Gasteiger partial charge < -0.3 is 9.84 Å². The second-order valence-corrected chi connectivity index (χ2v) is 21.7. The Kier molecular flexibility index (Phi) is 21.7. The zero-order valence-electron chi connectivity index (χ0n) is 37.3. The van der Waals surface area contributed by atoms with Crippen LogP contribution in [0.2, 0.25) is 0 Å². The number of aliphatic hydroxyl groups is 1. The molecule has 0 aromatic heterocycles. The number of thioether (sulfide) groups is 1. The van der Waals surface area contributed by atoms with Gasteiger partial charge in [0.1, 0.15) is 0 Å². The summed E-state index contributed by atoms with van der Waals surface area (Å²) >= 11 is 2.07. The van der Waals surface area contributed by atoms with Crippen molar-refractivity contribution in [2.45, 2.75) is 196 Å². The zero-order valence-corrected chi connectivity index (χ0v) is 38.1. The Morgan fingerprint density at radius 2 is 0.902 bits per heavy atom. The van der Waals surface area contributed by atoms with E-state index in [0.29, 0.717) is 34.8 Å². The summed E-state index contributed by atoms with van der Waals surface area (Å²) < 4.78 is 5.25. The highest BCUT2D eigenvalue weighted by atomic mass is 32.2. The van der Waals surface area contributed by atoms with Crippen LogP contribution in [0.15, 0.2) is 0 Å². The van der Waals surface area contributed by atoms with Gasteiger partial charge in [0.15, 0.2) is 0 Å². The van der Waals surface area contributed by atoms with E-state index in [0.717, 1.165) is 45.3 Å². The van der Waals surface area contributed by atoms with E-state index in [1.807, 2.05) is 0 Å². The van der Waals surface area contributed by atoms with Crippen molar-refractivity contribution in [2.24, 2.45) is 0 Å². The molecule has 0 aromatic carbocycles. The maximum atomic E-state index is 9.06. The molecule has 0 amide bonds. The van der Waals surface area contributed by atoms with Crippen molar-refractivity contribution in [1.82, 2.24) is 24.5 Å². The van der Waals surface area contributed by atoms with Crippen LogP contribution in [0.25, 0.3) is 0 Å². The quantitative estimate of drug-likeness (QED) is 0.287. The molecule has 0 radical (unpaired) electrons. The van der Waals surface area contributed by atoms with E-state index in [4.69, 9.17) is 9.84 Å². The zero-order chi connectivity index (χ0) is 39.1. The van der Waals surface area contributed by atoms with E-state index < -0.39 is 0 Å². The van der Waals surface area contributed by atoms with Crippen LogP contribution < -0.4 is 0 Å². The predicted molar refractivity (Wildman–Crippen MR) is 228 cm³/mol. The lowest BCUT2D eigenvalue weighted by atomic mass is 10.0. The average Bonchev–Trinajstić information content (AvgIpc) is 3.72. The van der Waals surface area contributed by atoms with Crippen molar-refractivity contribution in [3.8, 4) is 0 Å². The van der Waals surface area contributed by atoms with Crippen molar-refractivity contribution in [3.05, 3.63) is 0 Å². The highest BCUT2D eigenvalue weighted by Gasteiger charge is 2.32. The van der Waals surface area contributed by atoms with Crippen LogP contribution in [-0.2, 0) is 4.74 Å². The highest BCUT2D eigenvalue weighted by Crippen LogP contribution is 2.27. The fourth-order valence-electron chi connectivity index (χ4n) is 7.87. The van der Waals surface area contributed by atoms with Crippen LogP contribution in [0.5, 0.6) is 0 Å². The molecule has 7 nitrogen and oxygen atoms in total. The molecule has 0 spiro atoms. The van der Waals surface area contributed by atoms with E-state index >= 15 is 0 Å². The standard InChI is InChI=1S/C9H19NO.2C9H19N.C8H17NO.C8H17NS/c1-9(2,3)10-6-4-5-8(10)7-11;1-8-6-5-7-10(8)9(2,3)4;1-9(2,3)10-7-5-4-6-8-10;2*1-8(2,3)9-4-6-10-7-5-9/h8,11H,4-7H2,1-3H3;8H,5-7H2,1-4H3;4-8H2,1-3H3;2*4-7H2,1-3H3. The molecule has 5 rings (SSSR count). The van der Waals surface area contributed by atoms with E-state index in [-0.39, 0.29) is 5.54 Å². The molecule has 1 N–H and O–H groups in total. The maximum absolute atomic E-state index is 9.06. The van der Waals surface area contributed by atoms with Crippen molar-refractivity contribution in [1.29, 1.82) is 0 Å². The molecule has 2 atom stereocenters. The Morgan fingerprint density at radius 3 is 1.20 bits per heavy atom. The maximum Gasteiger partial charge on any atom is 0.0594 e. The number of nitrogens with zero attached hydrogens (tertiary/aromatic N) is 5. The highest BCUT2D eigenvalue weighted by molar-refractivity contribution is 7.99. The first kappa shape index (κ1) is 49.1. The largest absolute Gasteiger partial charge is 0.395 e. The second-order valence-electron chi connectivity index (χ2n) is 20.5. The molecule has 306 valence electrons. The first-order valence-electron chi connectivity index (χ1n) is 20.9. The van der Waals surface area contributed by atoms with Gasteiger partial charge in [-0.15, -0.1) is 0 Å². The summed E-state index contributed by atoms with van der Waals surface area (Å²) in [6.07, 6.45) is 9.41. The predicted octanol–water partition coefficient (Wildman–Crippen LogP) is 8.73. The summed E-state index contributed by atoms with van der Waals surface area (Å²) in [4.78, 5) is 12.6. The number of ether oxygens (including phenoxy) is 1. The number of aliphatic hydroxyl groups excluding tert-OH is 1. The van der Waals surface area contributed by atoms with Crippen molar-refractivity contribution < 1.29 is 9.84 Å². The lowest BCUT2D eigenvalue weighted by Crippen LogP contribution is -2.47. The molecule has 5 fully saturated rings. The average molecular weight is 742 g/mol. The molecular weight excluding hydrogens is 651 g/mol. The van der Waals surface area contributed by atoms with Gasteiger partial charge in [0.05, 0.1) is 19.8 Å². The third-order valence-corrected chi connectivity index (χ3v) is 12.0. The molecule has 5 aliphatic rings. The molecule has 0 aliphatic carbocycles. The molecule has 0 saturated carbocycles. The normalized spacial score (nSPS) is 25.4. The topological polar surface area (TPSA) is 45.7 Å². The SMILES string of the molecule is CC(C)(C)N1CCCC1CO.CC(C)(C)N1CCCCC1.CC(C)(C)N1CCOCC1.CC(C)(C)N1CCSCC1.CC1CCCN1C(C)(C)C. The molecular formula is C43H91N5O2S. The van der Waals surface area contributed by atoms with E-state index in [9.17, 15) is 0 Å². The Balaban J connectivity index is 0.000000319. The van der Waals surface area contributed by atoms with Crippen molar-refractivity contribution >= 4 is 11.8 Å².